The summed E-state index contributed by atoms with van der Waals surface area (Å²) in [6.07, 6.45) is -0.0926. The highest BCUT2D eigenvalue weighted by molar-refractivity contribution is 7.89. The van der Waals surface area contributed by atoms with E-state index in [4.69, 9.17) is 0 Å². The number of β-amino-alcohol motifs (C(OH)–C–C–N with tert-alkyl or cyclic N) is 1. The van der Waals surface area contributed by atoms with E-state index >= 15 is 0 Å². The first-order chi connectivity index (χ1) is 8.49. The molecular weight excluding hydrogens is 252 g/mol. The molecule has 0 amide bonds. The third-order valence-electron chi connectivity index (χ3n) is 3.06. The number of benzene rings is 1. The van der Waals surface area contributed by atoms with Gasteiger partial charge in [0.1, 0.15) is 0 Å². The lowest BCUT2D eigenvalue weighted by molar-refractivity contribution is 0.113. The van der Waals surface area contributed by atoms with Crippen LogP contribution < -0.4 is 10.0 Å². The fourth-order valence-electron chi connectivity index (χ4n) is 2.03. The fourth-order valence-corrected chi connectivity index (χ4v) is 3.44. The topological polar surface area (TPSA) is 78.4 Å². The highest BCUT2D eigenvalue weighted by Crippen LogP contribution is 2.13. The van der Waals surface area contributed by atoms with Crippen LogP contribution in [-0.4, -0.2) is 38.8 Å². The molecule has 0 saturated carbocycles. The largest absolute Gasteiger partial charge is 0.390 e. The zero-order valence-electron chi connectivity index (χ0n) is 10.3. The van der Waals surface area contributed by atoms with Gasteiger partial charge in [0.05, 0.1) is 17.0 Å². The maximum absolute atomic E-state index is 12.2. The minimum absolute atomic E-state index is 0.244. The number of aliphatic hydroxyl groups excluding tert-OH is 1. The zero-order valence-corrected chi connectivity index (χ0v) is 11.1. The van der Waals surface area contributed by atoms with E-state index in [0.29, 0.717) is 19.5 Å². The Labute approximate surface area is 107 Å². The Bertz CT molecular complexity index is 516. The molecule has 1 aromatic carbocycles. The van der Waals surface area contributed by atoms with Crippen LogP contribution in [0, 0.1) is 6.92 Å². The number of aliphatic hydroxyl groups is 1. The van der Waals surface area contributed by atoms with Gasteiger partial charge in [-0.05, 0) is 37.6 Å². The molecule has 1 fully saturated rings. The van der Waals surface area contributed by atoms with Gasteiger partial charge in [0.25, 0.3) is 0 Å². The molecule has 0 unspecified atom stereocenters. The summed E-state index contributed by atoms with van der Waals surface area (Å²) < 4.78 is 26.9. The van der Waals surface area contributed by atoms with Crippen LogP contribution >= 0.6 is 0 Å². The molecule has 0 radical (unpaired) electrons. The van der Waals surface area contributed by atoms with Crippen molar-refractivity contribution in [2.24, 2.45) is 0 Å². The SMILES string of the molecule is Cc1cccc(S(=O)(=O)N[C@@H]2CCNC[C@H]2O)c1. The molecule has 6 heteroatoms. The standard InChI is InChI=1S/C12H18N2O3S/c1-9-3-2-4-10(7-9)18(16,17)14-11-5-6-13-8-12(11)15/h2-4,7,11-15H,5-6,8H2,1H3/t11-,12-/m1/s1. The normalized spacial score (nSPS) is 25.0. The zero-order chi connectivity index (χ0) is 13.2. The summed E-state index contributed by atoms with van der Waals surface area (Å²) in [4.78, 5) is 0.244. The van der Waals surface area contributed by atoms with Crippen LogP contribution in [0.1, 0.15) is 12.0 Å². The second-order valence-electron chi connectivity index (χ2n) is 4.60. The molecule has 2 atom stereocenters. The van der Waals surface area contributed by atoms with E-state index in [-0.39, 0.29) is 4.90 Å². The number of sulfonamides is 1. The van der Waals surface area contributed by atoms with E-state index < -0.39 is 22.2 Å². The third-order valence-corrected chi connectivity index (χ3v) is 4.54. The summed E-state index contributed by atoms with van der Waals surface area (Å²) in [6.45, 7) is 2.97. The van der Waals surface area contributed by atoms with Gasteiger partial charge >= 0.3 is 0 Å². The highest BCUT2D eigenvalue weighted by Gasteiger charge is 2.27. The maximum atomic E-state index is 12.2. The number of rotatable bonds is 3. The van der Waals surface area contributed by atoms with Crippen molar-refractivity contribution in [3.63, 3.8) is 0 Å². The van der Waals surface area contributed by atoms with Crippen molar-refractivity contribution in [3.05, 3.63) is 29.8 Å². The van der Waals surface area contributed by atoms with E-state index in [0.717, 1.165) is 5.56 Å². The molecule has 1 saturated heterocycles. The van der Waals surface area contributed by atoms with Crippen LogP contribution in [0.2, 0.25) is 0 Å². The van der Waals surface area contributed by atoms with Gasteiger partial charge in [-0.3, -0.25) is 0 Å². The van der Waals surface area contributed by atoms with Crippen LogP contribution in [0.5, 0.6) is 0 Å². The van der Waals surface area contributed by atoms with Crippen LogP contribution in [-0.2, 0) is 10.0 Å². The van der Waals surface area contributed by atoms with E-state index in [1.54, 1.807) is 18.2 Å². The molecular formula is C12H18N2O3S. The number of aryl methyl sites for hydroxylation is 1. The Morgan fingerprint density at radius 2 is 2.22 bits per heavy atom. The summed E-state index contributed by atoms with van der Waals surface area (Å²) in [7, 11) is -3.55. The van der Waals surface area contributed by atoms with Crippen LogP contribution in [0.4, 0.5) is 0 Å². The monoisotopic (exact) mass is 270 g/mol. The van der Waals surface area contributed by atoms with Crippen molar-refractivity contribution in [2.75, 3.05) is 13.1 Å². The quantitative estimate of drug-likeness (QED) is 0.722. The lowest BCUT2D eigenvalue weighted by Crippen LogP contribution is -2.52. The summed E-state index contributed by atoms with van der Waals surface area (Å²) in [5.41, 5.74) is 0.892. The Morgan fingerprint density at radius 1 is 1.44 bits per heavy atom. The molecule has 1 heterocycles. The summed E-state index contributed by atoms with van der Waals surface area (Å²) in [5, 5.41) is 12.8. The van der Waals surface area contributed by atoms with E-state index in [2.05, 4.69) is 10.0 Å². The predicted octanol–water partition coefficient (Wildman–Crippen LogP) is -0.00388. The first-order valence-corrected chi connectivity index (χ1v) is 7.45. The van der Waals surface area contributed by atoms with Gasteiger partial charge in [-0.1, -0.05) is 12.1 Å². The second-order valence-corrected chi connectivity index (χ2v) is 6.32. The lowest BCUT2D eigenvalue weighted by atomic mass is 10.1. The van der Waals surface area contributed by atoms with Crippen molar-refractivity contribution in [1.82, 2.24) is 10.0 Å². The van der Waals surface area contributed by atoms with Gasteiger partial charge in [0.15, 0.2) is 0 Å². The molecule has 18 heavy (non-hydrogen) atoms. The molecule has 5 nitrogen and oxygen atoms in total. The van der Waals surface area contributed by atoms with E-state index in [1.807, 2.05) is 13.0 Å². The Morgan fingerprint density at radius 3 is 2.89 bits per heavy atom. The van der Waals surface area contributed by atoms with E-state index in [1.165, 1.54) is 0 Å². The average Bonchev–Trinajstić information content (AvgIpc) is 2.32. The molecule has 0 spiro atoms. The lowest BCUT2D eigenvalue weighted by Gasteiger charge is -2.28. The van der Waals surface area contributed by atoms with Crippen LogP contribution in [0.15, 0.2) is 29.2 Å². The van der Waals surface area contributed by atoms with Crippen molar-refractivity contribution in [1.29, 1.82) is 0 Å². The number of hydrogen-bond acceptors (Lipinski definition) is 4. The second kappa shape index (κ2) is 5.36. The van der Waals surface area contributed by atoms with Gasteiger partial charge in [-0.15, -0.1) is 0 Å². The summed E-state index contributed by atoms with van der Waals surface area (Å²) in [6, 6.07) is 6.32. The molecule has 3 N–H and O–H groups in total. The average molecular weight is 270 g/mol. The Hall–Kier alpha value is -0.950. The minimum Gasteiger partial charge on any atom is -0.390 e. The van der Waals surface area contributed by atoms with Crippen molar-refractivity contribution >= 4 is 10.0 Å². The summed E-state index contributed by atoms with van der Waals surface area (Å²) in [5.74, 6) is 0. The van der Waals surface area contributed by atoms with Crippen molar-refractivity contribution in [2.45, 2.75) is 30.4 Å². The maximum Gasteiger partial charge on any atom is 0.240 e. The van der Waals surface area contributed by atoms with Gasteiger partial charge in [0.2, 0.25) is 10.0 Å². The van der Waals surface area contributed by atoms with Crippen LogP contribution in [0.25, 0.3) is 0 Å². The molecule has 1 aromatic rings. The molecule has 1 aliphatic rings. The smallest absolute Gasteiger partial charge is 0.240 e. The van der Waals surface area contributed by atoms with E-state index in [9.17, 15) is 13.5 Å². The first kappa shape index (κ1) is 13.5. The van der Waals surface area contributed by atoms with Crippen LogP contribution in [0.3, 0.4) is 0 Å². The number of piperidine rings is 1. The molecule has 100 valence electrons. The highest BCUT2D eigenvalue weighted by atomic mass is 32.2. The van der Waals surface area contributed by atoms with Gasteiger partial charge < -0.3 is 10.4 Å². The van der Waals surface area contributed by atoms with Crippen molar-refractivity contribution < 1.29 is 13.5 Å². The third kappa shape index (κ3) is 3.08. The molecule has 0 aromatic heterocycles. The molecule has 2 rings (SSSR count). The fraction of sp³-hybridized carbons (Fsp3) is 0.500. The number of nitrogens with one attached hydrogen (secondary N) is 2. The van der Waals surface area contributed by atoms with Gasteiger partial charge in [0, 0.05) is 6.54 Å². The number of hydrogen-bond donors (Lipinski definition) is 3. The Kier molecular flexibility index (Phi) is 4.01. The molecule has 0 bridgehead atoms. The Balaban J connectivity index is 2.16. The molecule has 0 aliphatic carbocycles. The summed E-state index contributed by atoms with van der Waals surface area (Å²) >= 11 is 0. The first-order valence-electron chi connectivity index (χ1n) is 5.97. The minimum atomic E-state index is -3.55. The molecule has 1 aliphatic heterocycles. The van der Waals surface area contributed by atoms with Gasteiger partial charge in [-0.2, -0.15) is 0 Å². The predicted molar refractivity (Wildman–Crippen MR) is 68.8 cm³/mol. The van der Waals surface area contributed by atoms with Crippen molar-refractivity contribution in [3.8, 4) is 0 Å². The van der Waals surface area contributed by atoms with Gasteiger partial charge in [-0.25, -0.2) is 13.1 Å².